The van der Waals surface area contributed by atoms with E-state index < -0.39 is 0 Å². The Labute approximate surface area is 120 Å². The lowest BCUT2D eigenvalue weighted by molar-refractivity contribution is -0.109. The molecule has 0 saturated heterocycles. The SMILES string of the molecule is COC(OC)C(C)Nc1ccc(Br)c(Cl)c1Cl. The molecule has 96 valence electrons. The summed E-state index contributed by atoms with van der Waals surface area (Å²) < 4.78 is 11.1. The van der Waals surface area contributed by atoms with Crippen molar-refractivity contribution in [1.29, 1.82) is 0 Å². The molecule has 17 heavy (non-hydrogen) atoms. The number of methoxy groups -OCH3 is 2. The predicted octanol–water partition coefficient (Wildman–Crippen LogP) is 4.18. The minimum atomic E-state index is -0.353. The molecule has 0 bridgehead atoms. The van der Waals surface area contributed by atoms with Gasteiger partial charge in [0.25, 0.3) is 0 Å². The normalized spacial score (nSPS) is 12.9. The summed E-state index contributed by atoms with van der Waals surface area (Å²) in [7, 11) is 3.17. The lowest BCUT2D eigenvalue weighted by Gasteiger charge is -2.23. The molecule has 0 radical (unpaired) electrons. The van der Waals surface area contributed by atoms with Crippen molar-refractivity contribution in [1.82, 2.24) is 0 Å². The maximum absolute atomic E-state index is 6.13. The zero-order valence-corrected chi connectivity index (χ0v) is 12.9. The zero-order chi connectivity index (χ0) is 13.0. The molecule has 6 heteroatoms. The second-order valence-corrected chi connectivity index (χ2v) is 5.11. The van der Waals surface area contributed by atoms with E-state index in [1.54, 1.807) is 14.2 Å². The molecule has 3 nitrogen and oxygen atoms in total. The fraction of sp³-hybridized carbons (Fsp3) is 0.455. The maximum Gasteiger partial charge on any atom is 0.176 e. The predicted molar refractivity (Wildman–Crippen MR) is 75.1 cm³/mol. The number of hydrogen-bond acceptors (Lipinski definition) is 3. The summed E-state index contributed by atoms with van der Waals surface area (Å²) in [6.45, 7) is 1.93. The van der Waals surface area contributed by atoms with Gasteiger partial charge in [-0.2, -0.15) is 0 Å². The third-order valence-corrected chi connectivity index (χ3v) is 4.06. The summed E-state index contributed by atoms with van der Waals surface area (Å²) in [5, 5.41) is 4.15. The lowest BCUT2D eigenvalue weighted by atomic mass is 10.2. The first-order valence-electron chi connectivity index (χ1n) is 4.96. The van der Waals surface area contributed by atoms with E-state index in [-0.39, 0.29) is 12.3 Å². The second kappa shape index (κ2) is 6.81. The van der Waals surface area contributed by atoms with Crippen LogP contribution in [0, 0.1) is 0 Å². The first-order valence-corrected chi connectivity index (χ1v) is 6.51. The number of anilines is 1. The van der Waals surface area contributed by atoms with Crippen molar-refractivity contribution in [2.45, 2.75) is 19.3 Å². The Bertz CT molecular complexity index is 386. The minimum Gasteiger partial charge on any atom is -0.376 e. The van der Waals surface area contributed by atoms with E-state index in [1.165, 1.54) is 0 Å². The standard InChI is InChI=1S/C11H14BrCl2NO2/c1-6(11(16-2)17-3)15-8-5-4-7(12)9(13)10(8)14/h4-6,11,15H,1-3H3. The Morgan fingerprint density at radius 1 is 1.18 bits per heavy atom. The molecule has 0 heterocycles. The number of halogens is 3. The van der Waals surface area contributed by atoms with Crippen molar-refractivity contribution in [2.75, 3.05) is 19.5 Å². The van der Waals surface area contributed by atoms with E-state index in [0.717, 1.165) is 10.2 Å². The number of hydrogen-bond donors (Lipinski definition) is 1. The fourth-order valence-electron chi connectivity index (χ4n) is 1.46. The van der Waals surface area contributed by atoms with E-state index >= 15 is 0 Å². The van der Waals surface area contributed by atoms with Crippen molar-refractivity contribution in [2.24, 2.45) is 0 Å². The molecule has 0 fully saturated rings. The lowest BCUT2D eigenvalue weighted by Crippen LogP contribution is -2.33. The number of benzene rings is 1. The smallest absolute Gasteiger partial charge is 0.176 e. The van der Waals surface area contributed by atoms with Gasteiger partial charge in [-0.3, -0.25) is 0 Å². The average molecular weight is 343 g/mol. The molecule has 1 unspecified atom stereocenters. The summed E-state index contributed by atoms with van der Waals surface area (Å²) >= 11 is 15.5. The number of ether oxygens (including phenoxy) is 2. The molecule has 1 aromatic carbocycles. The van der Waals surface area contributed by atoms with Crippen LogP contribution in [0.2, 0.25) is 10.0 Å². The molecule has 1 atom stereocenters. The van der Waals surface area contributed by atoms with Crippen LogP contribution in [0.1, 0.15) is 6.92 Å². The van der Waals surface area contributed by atoms with Gasteiger partial charge >= 0.3 is 0 Å². The highest BCUT2D eigenvalue weighted by molar-refractivity contribution is 9.10. The Hall–Kier alpha value is -0.000000000000000111. The highest BCUT2D eigenvalue weighted by Crippen LogP contribution is 2.36. The largest absolute Gasteiger partial charge is 0.376 e. The zero-order valence-electron chi connectivity index (χ0n) is 9.76. The van der Waals surface area contributed by atoms with Crippen molar-refractivity contribution in [3.05, 3.63) is 26.7 Å². The highest BCUT2D eigenvalue weighted by Gasteiger charge is 2.17. The summed E-state index contributed by atoms with van der Waals surface area (Å²) in [6.07, 6.45) is -0.353. The van der Waals surface area contributed by atoms with Gasteiger partial charge in [0.1, 0.15) is 0 Å². The van der Waals surface area contributed by atoms with Crippen LogP contribution in [0.3, 0.4) is 0 Å². The molecule has 0 aliphatic heterocycles. The van der Waals surface area contributed by atoms with Crippen LogP contribution in [0.25, 0.3) is 0 Å². The van der Waals surface area contributed by atoms with Crippen LogP contribution >= 0.6 is 39.1 Å². The molecule has 0 aliphatic rings. The first kappa shape index (κ1) is 15.1. The van der Waals surface area contributed by atoms with Gasteiger partial charge in [0.2, 0.25) is 0 Å². The summed E-state index contributed by atoms with van der Waals surface area (Å²) in [5.41, 5.74) is 0.742. The Morgan fingerprint density at radius 3 is 2.29 bits per heavy atom. The molecule has 1 rings (SSSR count). The topological polar surface area (TPSA) is 30.5 Å². The fourth-order valence-corrected chi connectivity index (χ4v) is 2.28. The van der Waals surface area contributed by atoms with Gasteiger partial charge in [0.15, 0.2) is 6.29 Å². The van der Waals surface area contributed by atoms with Crippen LogP contribution in [-0.2, 0) is 9.47 Å². The summed E-state index contributed by atoms with van der Waals surface area (Å²) in [5.74, 6) is 0. The van der Waals surface area contributed by atoms with Crippen LogP contribution in [-0.4, -0.2) is 26.6 Å². The van der Waals surface area contributed by atoms with Crippen molar-refractivity contribution < 1.29 is 9.47 Å². The van der Waals surface area contributed by atoms with Crippen molar-refractivity contribution in [3.63, 3.8) is 0 Å². The first-order chi connectivity index (χ1) is 8.01. The van der Waals surface area contributed by atoms with E-state index in [4.69, 9.17) is 32.7 Å². The van der Waals surface area contributed by atoms with Gasteiger partial charge < -0.3 is 14.8 Å². The quantitative estimate of drug-likeness (QED) is 0.643. The minimum absolute atomic E-state index is 0.0558. The molecule has 0 aromatic heterocycles. The van der Waals surface area contributed by atoms with Crippen LogP contribution < -0.4 is 5.32 Å². The molecule has 0 spiro atoms. The summed E-state index contributed by atoms with van der Waals surface area (Å²) in [6, 6.07) is 3.62. The van der Waals surface area contributed by atoms with E-state index in [0.29, 0.717) is 10.0 Å². The Balaban J connectivity index is 2.85. The van der Waals surface area contributed by atoms with Crippen LogP contribution in [0.5, 0.6) is 0 Å². The number of rotatable bonds is 5. The van der Waals surface area contributed by atoms with Gasteiger partial charge in [-0.15, -0.1) is 0 Å². The molecular formula is C11H14BrCl2NO2. The maximum atomic E-state index is 6.13. The monoisotopic (exact) mass is 341 g/mol. The highest BCUT2D eigenvalue weighted by atomic mass is 79.9. The molecule has 1 N–H and O–H groups in total. The number of nitrogens with one attached hydrogen (secondary N) is 1. The third kappa shape index (κ3) is 3.73. The molecule has 0 aliphatic carbocycles. The van der Waals surface area contributed by atoms with Gasteiger partial charge in [-0.1, -0.05) is 23.2 Å². The van der Waals surface area contributed by atoms with Gasteiger partial charge in [0, 0.05) is 18.7 Å². The molecule has 0 amide bonds. The van der Waals surface area contributed by atoms with Crippen molar-refractivity contribution in [3.8, 4) is 0 Å². The second-order valence-electron chi connectivity index (χ2n) is 3.50. The Kier molecular flexibility index (Phi) is 6.03. The average Bonchev–Trinajstić information content (AvgIpc) is 2.31. The van der Waals surface area contributed by atoms with Gasteiger partial charge in [0.05, 0.1) is 21.8 Å². The van der Waals surface area contributed by atoms with Crippen LogP contribution in [0.4, 0.5) is 5.69 Å². The molecule has 0 saturated carbocycles. The molecular weight excluding hydrogens is 329 g/mol. The van der Waals surface area contributed by atoms with E-state index in [1.807, 2.05) is 19.1 Å². The Morgan fingerprint density at radius 2 is 1.76 bits per heavy atom. The van der Waals surface area contributed by atoms with E-state index in [2.05, 4.69) is 21.2 Å². The van der Waals surface area contributed by atoms with Gasteiger partial charge in [-0.05, 0) is 35.0 Å². The van der Waals surface area contributed by atoms with Crippen molar-refractivity contribution >= 4 is 44.8 Å². The summed E-state index contributed by atoms with van der Waals surface area (Å²) in [4.78, 5) is 0. The van der Waals surface area contributed by atoms with Gasteiger partial charge in [-0.25, -0.2) is 0 Å². The third-order valence-electron chi connectivity index (χ3n) is 2.29. The van der Waals surface area contributed by atoms with Crippen LogP contribution in [0.15, 0.2) is 16.6 Å². The molecule has 1 aromatic rings. The van der Waals surface area contributed by atoms with E-state index in [9.17, 15) is 0 Å².